The predicted octanol–water partition coefficient (Wildman–Crippen LogP) is 2.22. The van der Waals surface area contributed by atoms with E-state index in [9.17, 15) is 0 Å². The Morgan fingerprint density at radius 2 is 1.92 bits per heavy atom. The molecule has 0 radical (unpaired) electrons. The Kier molecular flexibility index (Phi) is 10.3. The standard InChI is InChI=1S/C19H32N4O2.HI/c1-19(2,16-5-7-17(24-3)8-6-16)15-22-18(20)21-9-4-10-23-11-13-25-14-12-23;/h5-8H,4,9-15H2,1-3H3,(H3,20,21,22);1H. The number of hydrogen-bond acceptors (Lipinski definition) is 4. The van der Waals surface area contributed by atoms with Crippen molar-refractivity contribution in [1.29, 1.82) is 0 Å². The first kappa shape index (κ1) is 23.0. The van der Waals surface area contributed by atoms with Crippen LogP contribution in [0.3, 0.4) is 0 Å². The summed E-state index contributed by atoms with van der Waals surface area (Å²) in [5.41, 5.74) is 7.15. The van der Waals surface area contributed by atoms with E-state index < -0.39 is 0 Å². The Morgan fingerprint density at radius 3 is 2.54 bits per heavy atom. The monoisotopic (exact) mass is 476 g/mol. The van der Waals surface area contributed by atoms with Crippen molar-refractivity contribution in [2.45, 2.75) is 25.7 Å². The predicted molar refractivity (Wildman–Crippen MR) is 118 cm³/mol. The Hall–Kier alpha value is -1.06. The Labute approximate surface area is 174 Å². The van der Waals surface area contributed by atoms with Crippen molar-refractivity contribution in [3.63, 3.8) is 0 Å². The molecule has 148 valence electrons. The minimum absolute atomic E-state index is 0. The normalized spacial score (nSPS) is 16.0. The second-order valence-electron chi connectivity index (χ2n) is 7.05. The quantitative estimate of drug-likeness (QED) is 0.261. The van der Waals surface area contributed by atoms with Crippen LogP contribution in [0.15, 0.2) is 29.3 Å². The van der Waals surface area contributed by atoms with Crippen LogP contribution in [0, 0.1) is 0 Å². The highest BCUT2D eigenvalue weighted by Crippen LogP contribution is 2.25. The second-order valence-corrected chi connectivity index (χ2v) is 7.05. The number of nitrogens with two attached hydrogens (primary N) is 1. The van der Waals surface area contributed by atoms with Crippen molar-refractivity contribution in [3.8, 4) is 5.75 Å². The topological polar surface area (TPSA) is 72.1 Å². The summed E-state index contributed by atoms with van der Waals surface area (Å²) in [6, 6.07) is 8.13. The van der Waals surface area contributed by atoms with E-state index in [2.05, 4.69) is 41.2 Å². The molecule has 1 aromatic carbocycles. The Balaban J connectivity index is 0.00000338. The van der Waals surface area contributed by atoms with Gasteiger partial charge in [-0.2, -0.15) is 0 Å². The van der Waals surface area contributed by atoms with E-state index in [-0.39, 0.29) is 29.4 Å². The molecule has 1 saturated heterocycles. The summed E-state index contributed by atoms with van der Waals surface area (Å²) in [7, 11) is 1.68. The maximum Gasteiger partial charge on any atom is 0.188 e. The van der Waals surface area contributed by atoms with E-state index in [1.54, 1.807) is 7.11 Å². The summed E-state index contributed by atoms with van der Waals surface area (Å²) in [5, 5.41) is 3.21. The third kappa shape index (κ3) is 7.67. The molecule has 1 aliphatic heterocycles. The molecule has 6 nitrogen and oxygen atoms in total. The third-order valence-electron chi connectivity index (χ3n) is 4.58. The van der Waals surface area contributed by atoms with Crippen molar-refractivity contribution >= 4 is 29.9 Å². The molecule has 0 atom stereocenters. The summed E-state index contributed by atoms with van der Waals surface area (Å²) in [5.74, 6) is 1.38. The molecule has 0 bridgehead atoms. The molecule has 1 aromatic rings. The highest BCUT2D eigenvalue weighted by Gasteiger charge is 2.20. The number of benzene rings is 1. The number of morpholine rings is 1. The number of hydrogen-bond donors (Lipinski definition) is 2. The van der Waals surface area contributed by atoms with Crippen molar-refractivity contribution in [2.75, 3.05) is 53.0 Å². The van der Waals surface area contributed by atoms with Crippen LogP contribution in [0.4, 0.5) is 0 Å². The lowest BCUT2D eigenvalue weighted by atomic mass is 9.85. The lowest BCUT2D eigenvalue weighted by Gasteiger charge is -2.26. The fourth-order valence-corrected chi connectivity index (χ4v) is 2.82. The first-order valence-corrected chi connectivity index (χ1v) is 9.00. The van der Waals surface area contributed by atoms with Gasteiger partial charge in [0, 0.05) is 25.0 Å². The lowest BCUT2D eigenvalue weighted by Crippen LogP contribution is -2.39. The fourth-order valence-electron chi connectivity index (χ4n) is 2.82. The van der Waals surface area contributed by atoms with E-state index in [4.69, 9.17) is 15.2 Å². The van der Waals surface area contributed by atoms with Gasteiger partial charge in [-0.3, -0.25) is 9.89 Å². The minimum Gasteiger partial charge on any atom is -0.497 e. The maximum atomic E-state index is 6.01. The Morgan fingerprint density at radius 1 is 1.27 bits per heavy atom. The van der Waals surface area contributed by atoms with Gasteiger partial charge in [-0.1, -0.05) is 26.0 Å². The summed E-state index contributed by atoms with van der Waals surface area (Å²) < 4.78 is 10.6. The number of nitrogens with one attached hydrogen (secondary N) is 1. The van der Waals surface area contributed by atoms with Gasteiger partial charge in [0.1, 0.15) is 5.75 Å². The van der Waals surface area contributed by atoms with Crippen LogP contribution in [-0.4, -0.2) is 63.9 Å². The van der Waals surface area contributed by atoms with Crippen molar-refractivity contribution in [2.24, 2.45) is 10.7 Å². The molecular weight excluding hydrogens is 443 g/mol. The number of ether oxygens (including phenoxy) is 2. The first-order chi connectivity index (χ1) is 12.0. The summed E-state index contributed by atoms with van der Waals surface area (Å²) >= 11 is 0. The fraction of sp³-hybridized carbons (Fsp3) is 0.632. The largest absolute Gasteiger partial charge is 0.497 e. The van der Waals surface area contributed by atoms with Crippen molar-refractivity contribution < 1.29 is 9.47 Å². The molecule has 0 amide bonds. The van der Waals surface area contributed by atoms with E-state index >= 15 is 0 Å². The number of aliphatic imine (C=N–C) groups is 1. The SMILES string of the molecule is COc1ccc(C(C)(C)CN=C(N)NCCCN2CCOCC2)cc1.I. The lowest BCUT2D eigenvalue weighted by molar-refractivity contribution is 0.0376. The molecule has 3 N–H and O–H groups in total. The zero-order valence-electron chi connectivity index (χ0n) is 16.2. The van der Waals surface area contributed by atoms with E-state index in [0.29, 0.717) is 12.5 Å². The first-order valence-electron chi connectivity index (χ1n) is 9.00. The van der Waals surface area contributed by atoms with Crippen LogP contribution in [0.1, 0.15) is 25.8 Å². The molecule has 1 aliphatic rings. The van der Waals surface area contributed by atoms with Gasteiger partial charge in [-0.15, -0.1) is 24.0 Å². The summed E-state index contributed by atoms with van der Waals surface area (Å²) in [6.07, 6.45) is 1.05. The molecule has 0 aliphatic carbocycles. The van der Waals surface area contributed by atoms with Crippen LogP contribution < -0.4 is 15.8 Å². The summed E-state index contributed by atoms with van der Waals surface area (Å²) in [6.45, 7) is 10.6. The van der Waals surface area contributed by atoms with Crippen molar-refractivity contribution in [3.05, 3.63) is 29.8 Å². The van der Waals surface area contributed by atoms with Crippen LogP contribution in [-0.2, 0) is 10.2 Å². The van der Waals surface area contributed by atoms with E-state index in [1.165, 1.54) is 5.56 Å². The highest BCUT2D eigenvalue weighted by atomic mass is 127. The minimum atomic E-state index is -0.0770. The van der Waals surface area contributed by atoms with Gasteiger partial charge in [-0.25, -0.2) is 0 Å². The van der Waals surface area contributed by atoms with Crippen LogP contribution >= 0.6 is 24.0 Å². The molecule has 1 fully saturated rings. The smallest absolute Gasteiger partial charge is 0.188 e. The van der Waals surface area contributed by atoms with Crippen molar-refractivity contribution in [1.82, 2.24) is 10.2 Å². The molecule has 0 saturated carbocycles. The molecule has 0 aromatic heterocycles. The van der Waals surface area contributed by atoms with Gasteiger partial charge in [0.05, 0.1) is 26.9 Å². The molecule has 0 unspecified atom stereocenters. The number of halogens is 1. The zero-order valence-corrected chi connectivity index (χ0v) is 18.5. The molecule has 7 heteroatoms. The highest BCUT2D eigenvalue weighted by molar-refractivity contribution is 14.0. The van der Waals surface area contributed by atoms with Gasteiger partial charge in [0.25, 0.3) is 0 Å². The number of rotatable bonds is 8. The van der Waals surface area contributed by atoms with E-state index in [1.807, 2.05) is 12.1 Å². The summed E-state index contributed by atoms with van der Waals surface area (Å²) in [4.78, 5) is 6.94. The third-order valence-corrected chi connectivity index (χ3v) is 4.58. The van der Waals surface area contributed by atoms with Crippen LogP contribution in [0.5, 0.6) is 5.75 Å². The van der Waals surface area contributed by atoms with Gasteiger partial charge in [-0.05, 0) is 30.7 Å². The van der Waals surface area contributed by atoms with Crippen LogP contribution in [0.25, 0.3) is 0 Å². The van der Waals surface area contributed by atoms with Gasteiger partial charge in [0.2, 0.25) is 0 Å². The number of methoxy groups -OCH3 is 1. The molecule has 2 rings (SSSR count). The molecule has 1 heterocycles. The average molecular weight is 476 g/mol. The van der Waals surface area contributed by atoms with Crippen LogP contribution in [0.2, 0.25) is 0 Å². The van der Waals surface area contributed by atoms with Gasteiger partial charge in [0.15, 0.2) is 5.96 Å². The van der Waals surface area contributed by atoms with Gasteiger partial charge >= 0.3 is 0 Å². The molecular formula is C19H33IN4O2. The Bertz CT molecular complexity index is 543. The molecule has 0 spiro atoms. The van der Waals surface area contributed by atoms with E-state index in [0.717, 1.165) is 51.6 Å². The average Bonchev–Trinajstić information content (AvgIpc) is 2.64. The van der Waals surface area contributed by atoms with Gasteiger partial charge < -0.3 is 20.5 Å². The zero-order chi connectivity index (χ0) is 18.1. The number of guanidine groups is 1. The molecule has 26 heavy (non-hydrogen) atoms. The second kappa shape index (κ2) is 11.6. The maximum absolute atomic E-state index is 6.01. The number of nitrogens with zero attached hydrogens (tertiary/aromatic N) is 2.